The fourth-order valence-corrected chi connectivity index (χ4v) is 2.26. The van der Waals surface area contributed by atoms with Gasteiger partial charge in [-0.05, 0) is 24.5 Å². The first-order valence-corrected chi connectivity index (χ1v) is 7.48. The zero-order valence-corrected chi connectivity index (χ0v) is 13.0. The van der Waals surface area contributed by atoms with Crippen molar-refractivity contribution in [2.75, 3.05) is 11.6 Å². The lowest BCUT2D eigenvalue weighted by Gasteiger charge is -2.20. The molecule has 118 valence electrons. The molecule has 22 heavy (non-hydrogen) atoms. The molecule has 0 bridgehead atoms. The minimum absolute atomic E-state index is 0.231. The Morgan fingerprint density at radius 2 is 2.05 bits per heavy atom. The van der Waals surface area contributed by atoms with E-state index in [2.05, 4.69) is 24.3 Å². The predicted octanol–water partition coefficient (Wildman–Crippen LogP) is 1.27. The number of carbonyl (C=O) groups excluding carboxylic acids is 2. The van der Waals surface area contributed by atoms with Crippen molar-refractivity contribution >= 4 is 23.2 Å². The van der Waals surface area contributed by atoms with Crippen LogP contribution >= 0.6 is 0 Å². The molecule has 2 rings (SSSR count). The van der Waals surface area contributed by atoms with Gasteiger partial charge in [-0.1, -0.05) is 32.0 Å². The van der Waals surface area contributed by atoms with Crippen LogP contribution < -0.4 is 16.1 Å². The minimum atomic E-state index is -0.617. The third kappa shape index (κ3) is 3.84. The second-order valence-electron chi connectivity index (χ2n) is 5.79. The molecular formula is C16H22N4O2. The van der Waals surface area contributed by atoms with Gasteiger partial charge in [0.25, 0.3) is 5.91 Å². The van der Waals surface area contributed by atoms with Crippen molar-refractivity contribution in [1.29, 1.82) is 0 Å². The highest BCUT2D eigenvalue weighted by atomic mass is 16.2. The maximum atomic E-state index is 12.2. The van der Waals surface area contributed by atoms with E-state index in [1.165, 1.54) is 5.01 Å². The van der Waals surface area contributed by atoms with Crippen molar-refractivity contribution in [2.24, 2.45) is 16.8 Å². The van der Waals surface area contributed by atoms with Crippen molar-refractivity contribution in [2.45, 2.75) is 32.7 Å². The summed E-state index contributed by atoms with van der Waals surface area (Å²) in [5.41, 5.74) is 6.53. The number of hydrogen-bond donors (Lipinski definition) is 2. The number of rotatable bonds is 6. The second kappa shape index (κ2) is 7.06. The number of carbonyl (C=O) groups is 2. The van der Waals surface area contributed by atoms with Crippen LogP contribution in [-0.4, -0.2) is 30.1 Å². The van der Waals surface area contributed by atoms with Crippen LogP contribution in [0.2, 0.25) is 0 Å². The van der Waals surface area contributed by atoms with Gasteiger partial charge in [-0.25, -0.2) is 0 Å². The Balaban J connectivity index is 2.09. The summed E-state index contributed by atoms with van der Waals surface area (Å²) < 4.78 is 0. The van der Waals surface area contributed by atoms with Gasteiger partial charge >= 0.3 is 0 Å². The van der Waals surface area contributed by atoms with Crippen molar-refractivity contribution in [3.05, 3.63) is 30.3 Å². The molecular weight excluding hydrogens is 280 g/mol. The predicted molar refractivity (Wildman–Crippen MR) is 86.4 cm³/mol. The van der Waals surface area contributed by atoms with E-state index in [1.807, 2.05) is 30.3 Å². The number of para-hydroxylation sites is 1. The lowest BCUT2D eigenvalue weighted by Crippen LogP contribution is -2.40. The van der Waals surface area contributed by atoms with Crippen LogP contribution in [0, 0.1) is 5.92 Å². The normalized spacial score (nSPS) is 17.5. The summed E-state index contributed by atoms with van der Waals surface area (Å²) >= 11 is 0. The highest BCUT2D eigenvalue weighted by molar-refractivity contribution is 6.40. The number of nitrogens with zero attached hydrogens (tertiary/aromatic N) is 2. The fourth-order valence-electron chi connectivity index (χ4n) is 2.26. The topological polar surface area (TPSA) is 87.8 Å². The van der Waals surface area contributed by atoms with Crippen LogP contribution in [0.25, 0.3) is 0 Å². The van der Waals surface area contributed by atoms with Crippen LogP contribution in [0.5, 0.6) is 0 Å². The Bertz CT molecular complexity index is 569. The van der Waals surface area contributed by atoms with Gasteiger partial charge in [0, 0.05) is 13.0 Å². The van der Waals surface area contributed by atoms with Crippen LogP contribution in [0.1, 0.15) is 26.7 Å². The Morgan fingerprint density at radius 1 is 1.36 bits per heavy atom. The van der Waals surface area contributed by atoms with Gasteiger partial charge in [0.2, 0.25) is 5.91 Å². The van der Waals surface area contributed by atoms with Gasteiger partial charge in [-0.3, -0.25) is 14.6 Å². The molecule has 3 N–H and O–H groups in total. The standard InChI is InChI=1S/C16H22N4O2/c1-11(2)8-9-18-16(22)13-10-14(15(17)21)20(19-13)12-6-4-3-5-7-12/h3-7,11,14H,8-10H2,1-2H3,(H2,17,21)(H,18,22). The van der Waals surface area contributed by atoms with Crippen LogP contribution in [0.3, 0.4) is 0 Å². The third-order valence-electron chi connectivity index (χ3n) is 3.53. The molecule has 1 aromatic carbocycles. The fraction of sp³-hybridized carbons (Fsp3) is 0.438. The number of hydrogen-bond acceptors (Lipinski definition) is 4. The molecule has 0 saturated carbocycles. The maximum absolute atomic E-state index is 12.2. The number of primary amides is 1. The van der Waals surface area contributed by atoms with Crippen molar-refractivity contribution in [1.82, 2.24) is 5.32 Å². The Labute approximate surface area is 130 Å². The molecule has 0 spiro atoms. The molecule has 1 aliphatic rings. The van der Waals surface area contributed by atoms with Crippen LogP contribution in [0.4, 0.5) is 5.69 Å². The smallest absolute Gasteiger partial charge is 0.267 e. The zero-order valence-electron chi connectivity index (χ0n) is 13.0. The number of hydrazone groups is 1. The van der Waals surface area contributed by atoms with Gasteiger partial charge < -0.3 is 11.1 Å². The highest BCUT2D eigenvalue weighted by Crippen LogP contribution is 2.24. The van der Waals surface area contributed by atoms with Gasteiger partial charge in [0.05, 0.1) is 5.69 Å². The monoisotopic (exact) mass is 302 g/mol. The minimum Gasteiger partial charge on any atom is -0.368 e. The molecule has 1 aliphatic heterocycles. The van der Waals surface area contributed by atoms with Crippen LogP contribution in [-0.2, 0) is 9.59 Å². The number of nitrogens with one attached hydrogen (secondary N) is 1. The van der Waals surface area contributed by atoms with E-state index in [-0.39, 0.29) is 12.3 Å². The Morgan fingerprint density at radius 3 is 2.64 bits per heavy atom. The summed E-state index contributed by atoms with van der Waals surface area (Å²) in [6.45, 7) is 4.79. The molecule has 6 heteroatoms. The molecule has 0 radical (unpaired) electrons. The largest absolute Gasteiger partial charge is 0.368 e. The summed E-state index contributed by atoms with van der Waals surface area (Å²) in [6.07, 6.45) is 1.14. The molecule has 6 nitrogen and oxygen atoms in total. The van der Waals surface area contributed by atoms with Gasteiger partial charge in [-0.15, -0.1) is 0 Å². The number of nitrogens with two attached hydrogens (primary N) is 1. The second-order valence-corrected chi connectivity index (χ2v) is 5.79. The van der Waals surface area contributed by atoms with E-state index in [9.17, 15) is 9.59 Å². The van der Waals surface area contributed by atoms with Crippen molar-refractivity contribution in [3.63, 3.8) is 0 Å². The SMILES string of the molecule is CC(C)CCNC(=O)C1=NN(c2ccccc2)C(C(N)=O)C1. The highest BCUT2D eigenvalue weighted by Gasteiger charge is 2.34. The van der Waals surface area contributed by atoms with E-state index in [0.717, 1.165) is 12.1 Å². The van der Waals surface area contributed by atoms with E-state index < -0.39 is 11.9 Å². The Hall–Kier alpha value is -2.37. The lowest BCUT2D eigenvalue weighted by molar-refractivity contribution is -0.119. The average Bonchev–Trinajstić information content (AvgIpc) is 2.93. The quantitative estimate of drug-likeness (QED) is 0.829. The molecule has 0 fully saturated rings. The summed E-state index contributed by atoms with van der Waals surface area (Å²) in [5, 5.41) is 8.66. The molecule has 1 heterocycles. The first-order valence-electron chi connectivity index (χ1n) is 7.48. The third-order valence-corrected chi connectivity index (χ3v) is 3.53. The maximum Gasteiger partial charge on any atom is 0.267 e. The first kappa shape index (κ1) is 16.0. The number of amides is 2. The molecule has 0 saturated heterocycles. The summed E-state index contributed by atoms with van der Waals surface area (Å²) in [4.78, 5) is 23.8. The summed E-state index contributed by atoms with van der Waals surface area (Å²) in [5.74, 6) is -0.201. The van der Waals surface area contributed by atoms with E-state index >= 15 is 0 Å². The summed E-state index contributed by atoms with van der Waals surface area (Å²) in [6, 6.07) is 8.63. The molecule has 1 unspecified atom stereocenters. The average molecular weight is 302 g/mol. The summed E-state index contributed by atoms with van der Waals surface area (Å²) in [7, 11) is 0. The van der Waals surface area contributed by atoms with E-state index in [1.54, 1.807) is 0 Å². The Kier molecular flexibility index (Phi) is 5.14. The van der Waals surface area contributed by atoms with Gasteiger partial charge in [0.15, 0.2) is 0 Å². The van der Waals surface area contributed by atoms with Gasteiger partial charge in [0.1, 0.15) is 11.8 Å². The van der Waals surface area contributed by atoms with Crippen molar-refractivity contribution in [3.8, 4) is 0 Å². The molecule has 0 aromatic heterocycles. The molecule has 1 aromatic rings. The molecule has 0 aliphatic carbocycles. The van der Waals surface area contributed by atoms with E-state index in [4.69, 9.17) is 5.73 Å². The molecule has 1 atom stereocenters. The molecule has 2 amide bonds. The van der Waals surface area contributed by atoms with Gasteiger partial charge in [-0.2, -0.15) is 5.10 Å². The first-order chi connectivity index (χ1) is 10.5. The van der Waals surface area contributed by atoms with E-state index in [0.29, 0.717) is 18.2 Å². The lowest BCUT2D eigenvalue weighted by atomic mass is 10.1. The zero-order chi connectivity index (χ0) is 16.1. The van der Waals surface area contributed by atoms with Crippen LogP contribution in [0.15, 0.2) is 35.4 Å². The van der Waals surface area contributed by atoms with Crippen molar-refractivity contribution < 1.29 is 9.59 Å². The number of anilines is 1. The number of benzene rings is 1.